The Kier molecular flexibility index (Phi) is 1.83. The van der Waals surface area contributed by atoms with E-state index in [0.717, 1.165) is 6.61 Å². The van der Waals surface area contributed by atoms with Gasteiger partial charge in [-0.3, -0.25) is 0 Å². The third-order valence-electron chi connectivity index (χ3n) is 3.27. The van der Waals surface area contributed by atoms with Crippen LogP contribution in [0.25, 0.3) is 0 Å². The maximum atomic E-state index is 5.59. The molecule has 1 aliphatic heterocycles. The zero-order valence-corrected chi connectivity index (χ0v) is 8.15. The summed E-state index contributed by atoms with van der Waals surface area (Å²) in [6.45, 7) is 0.929. The molecule has 1 heterocycles. The van der Waals surface area contributed by atoms with Gasteiger partial charge < -0.3 is 4.74 Å². The first-order valence-electron chi connectivity index (χ1n) is 5.33. The number of allylic oxidation sites excluding steroid dienone is 2. The Morgan fingerprint density at radius 2 is 2.00 bits per heavy atom. The number of hydrogen-bond donors (Lipinski definition) is 0. The van der Waals surface area contributed by atoms with Crippen molar-refractivity contribution in [3.8, 4) is 0 Å². The molecule has 0 spiro atoms. The lowest BCUT2D eigenvalue weighted by Gasteiger charge is -2.08. The van der Waals surface area contributed by atoms with Gasteiger partial charge in [0.2, 0.25) is 0 Å². The predicted molar refractivity (Wildman–Crippen MR) is 55.9 cm³/mol. The normalized spacial score (nSPS) is 29.6. The van der Waals surface area contributed by atoms with Gasteiger partial charge >= 0.3 is 0 Å². The van der Waals surface area contributed by atoms with E-state index < -0.39 is 0 Å². The van der Waals surface area contributed by atoms with Crippen LogP contribution in [0.5, 0.6) is 0 Å². The molecule has 0 amide bonds. The van der Waals surface area contributed by atoms with Crippen LogP contribution in [0.1, 0.15) is 24.3 Å². The molecule has 1 fully saturated rings. The molecule has 0 bridgehead atoms. The number of hydrogen-bond acceptors (Lipinski definition) is 1. The van der Waals surface area contributed by atoms with Crippen LogP contribution in [0.4, 0.5) is 0 Å². The standard InChI is InChI=1S/C13H14O/c1-2-4-10(5-3-1)12-8-11-6-7-14-13(11)9-12/h1-5,9,11-12H,6-8H2/t11-,12+/m0/s1. The van der Waals surface area contributed by atoms with E-state index >= 15 is 0 Å². The Labute approximate surface area is 84.4 Å². The van der Waals surface area contributed by atoms with E-state index in [1.807, 2.05) is 0 Å². The number of ether oxygens (including phenoxy) is 1. The topological polar surface area (TPSA) is 9.23 Å². The summed E-state index contributed by atoms with van der Waals surface area (Å²) < 4.78 is 5.59. The van der Waals surface area contributed by atoms with Gasteiger partial charge in [-0.25, -0.2) is 0 Å². The molecule has 0 radical (unpaired) electrons. The van der Waals surface area contributed by atoms with Crippen LogP contribution in [0.3, 0.4) is 0 Å². The summed E-state index contributed by atoms with van der Waals surface area (Å²) in [6, 6.07) is 10.7. The molecule has 0 aromatic heterocycles. The molecule has 1 aliphatic carbocycles. The molecule has 2 aliphatic rings. The minimum atomic E-state index is 0.594. The van der Waals surface area contributed by atoms with Crippen LogP contribution in [0.2, 0.25) is 0 Å². The SMILES string of the molecule is C1=C2OCC[C@H]2C[C@H]1c1ccccc1. The summed E-state index contributed by atoms with van der Waals surface area (Å²) >= 11 is 0. The minimum Gasteiger partial charge on any atom is -0.498 e. The molecule has 0 saturated carbocycles. The van der Waals surface area contributed by atoms with Crippen molar-refractivity contribution in [2.75, 3.05) is 6.61 Å². The quantitative estimate of drug-likeness (QED) is 0.655. The lowest BCUT2D eigenvalue weighted by molar-refractivity contribution is 0.261. The van der Waals surface area contributed by atoms with Gasteiger partial charge in [-0.15, -0.1) is 0 Å². The van der Waals surface area contributed by atoms with E-state index in [4.69, 9.17) is 4.74 Å². The molecule has 0 unspecified atom stereocenters. The van der Waals surface area contributed by atoms with Gasteiger partial charge in [-0.2, -0.15) is 0 Å². The molecule has 0 N–H and O–H groups in total. The van der Waals surface area contributed by atoms with Crippen molar-refractivity contribution >= 4 is 0 Å². The van der Waals surface area contributed by atoms with Crippen molar-refractivity contribution in [3.05, 3.63) is 47.7 Å². The fourth-order valence-electron chi connectivity index (χ4n) is 2.50. The van der Waals surface area contributed by atoms with Crippen molar-refractivity contribution in [2.45, 2.75) is 18.8 Å². The van der Waals surface area contributed by atoms with Gasteiger partial charge in [0.15, 0.2) is 0 Å². The third kappa shape index (κ3) is 1.24. The summed E-state index contributed by atoms with van der Waals surface area (Å²) in [5.41, 5.74) is 1.43. The van der Waals surface area contributed by atoms with Crippen LogP contribution >= 0.6 is 0 Å². The zero-order valence-electron chi connectivity index (χ0n) is 8.15. The van der Waals surface area contributed by atoms with Crippen molar-refractivity contribution in [1.29, 1.82) is 0 Å². The van der Waals surface area contributed by atoms with Crippen molar-refractivity contribution in [1.82, 2.24) is 0 Å². The van der Waals surface area contributed by atoms with Gasteiger partial charge in [0, 0.05) is 11.8 Å². The fourth-order valence-corrected chi connectivity index (χ4v) is 2.50. The molecule has 1 aromatic carbocycles. The highest BCUT2D eigenvalue weighted by Gasteiger charge is 2.32. The maximum Gasteiger partial charge on any atom is 0.0958 e. The molecule has 1 aromatic rings. The van der Waals surface area contributed by atoms with E-state index in [1.54, 1.807) is 0 Å². The first kappa shape index (κ1) is 8.10. The molecular weight excluding hydrogens is 172 g/mol. The molecule has 2 atom stereocenters. The first-order chi connectivity index (χ1) is 6.93. The van der Waals surface area contributed by atoms with E-state index in [0.29, 0.717) is 11.8 Å². The summed E-state index contributed by atoms with van der Waals surface area (Å²) in [5.74, 6) is 2.55. The van der Waals surface area contributed by atoms with Gasteiger partial charge in [0.1, 0.15) is 0 Å². The number of rotatable bonds is 1. The Morgan fingerprint density at radius 1 is 1.14 bits per heavy atom. The summed E-state index contributed by atoms with van der Waals surface area (Å²) in [5, 5.41) is 0. The van der Waals surface area contributed by atoms with Crippen molar-refractivity contribution in [2.24, 2.45) is 5.92 Å². The molecule has 1 heteroatoms. The highest BCUT2D eigenvalue weighted by atomic mass is 16.5. The van der Waals surface area contributed by atoms with E-state index in [2.05, 4.69) is 36.4 Å². The number of fused-ring (bicyclic) bond motifs is 1. The first-order valence-corrected chi connectivity index (χ1v) is 5.33. The highest BCUT2D eigenvalue weighted by Crippen LogP contribution is 2.42. The Hall–Kier alpha value is -1.24. The predicted octanol–water partition coefficient (Wildman–Crippen LogP) is 3.09. The average molecular weight is 186 g/mol. The molecule has 3 rings (SSSR count). The zero-order chi connectivity index (χ0) is 9.38. The lowest BCUT2D eigenvalue weighted by atomic mass is 9.95. The molecule has 72 valence electrons. The summed E-state index contributed by atoms with van der Waals surface area (Å²) in [6.07, 6.45) is 4.78. The summed E-state index contributed by atoms with van der Waals surface area (Å²) in [4.78, 5) is 0. The van der Waals surface area contributed by atoms with E-state index in [1.165, 1.54) is 24.2 Å². The fraction of sp³-hybridized carbons (Fsp3) is 0.385. The van der Waals surface area contributed by atoms with Crippen molar-refractivity contribution in [3.63, 3.8) is 0 Å². The Morgan fingerprint density at radius 3 is 2.79 bits per heavy atom. The maximum absolute atomic E-state index is 5.59. The second-order valence-corrected chi connectivity index (χ2v) is 4.16. The number of benzene rings is 1. The Balaban J connectivity index is 1.87. The highest BCUT2D eigenvalue weighted by molar-refractivity contribution is 5.29. The van der Waals surface area contributed by atoms with Crippen molar-refractivity contribution < 1.29 is 4.74 Å². The molecule has 1 saturated heterocycles. The van der Waals surface area contributed by atoms with Crippen LogP contribution in [-0.4, -0.2) is 6.61 Å². The van der Waals surface area contributed by atoms with Gasteiger partial charge in [-0.1, -0.05) is 30.3 Å². The van der Waals surface area contributed by atoms with E-state index in [9.17, 15) is 0 Å². The second kappa shape index (κ2) is 3.16. The summed E-state index contributed by atoms with van der Waals surface area (Å²) in [7, 11) is 0. The molecule has 14 heavy (non-hydrogen) atoms. The average Bonchev–Trinajstić information content (AvgIpc) is 2.78. The monoisotopic (exact) mass is 186 g/mol. The molecular formula is C13H14O. The van der Waals surface area contributed by atoms with Crippen LogP contribution in [-0.2, 0) is 4.74 Å². The van der Waals surface area contributed by atoms with Crippen LogP contribution in [0, 0.1) is 5.92 Å². The molecule has 1 nitrogen and oxygen atoms in total. The lowest BCUT2D eigenvalue weighted by Crippen LogP contribution is -1.96. The Bertz CT molecular complexity index is 353. The van der Waals surface area contributed by atoms with Gasteiger partial charge in [0.25, 0.3) is 0 Å². The largest absolute Gasteiger partial charge is 0.498 e. The minimum absolute atomic E-state index is 0.594. The van der Waals surface area contributed by atoms with Crippen LogP contribution < -0.4 is 0 Å². The van der Waals surface area contributed by atoms with Gasteiger partial charge in [-0.05, 0) is 24.5 Å². The van der Waals surface area contributed by atoms with E-state index in [-0.39, 0.29) is 0 Å². The second-order valence-electron chi connectivity index (χ2n) is 4.16. The smallest absolute Gasteiger partial charge is 0.0958 e. The third-order valence-corrected chi connectivity index (χ3v) is 3.27. The van der Waals surface area contributed by atoms with Gasteiger partial charge in [0.05, 0.1) is 12.4 Å². The van der Waals surface area contributed by atoms with Crippen LogP contribution in [0.15, 0.2) is 42.2 Å².